The highest BCUT2D eigenvalue weighted by atomic mass is 35.5. The number of nitrogens with zero attached hydrogens (tertiary/aromatic N) is 1. The van der Waals surface area contributed by atoms with Crippen LogP contribution in [-0.4, -0.2) is 19.2 Å². The van der Waals surface area contributed by atoms with Crippen molar-refractivity contribution in [2.24, 2.45) is 0 Å². The van der Waals surface area contributed by atoms with Crippen LogP contribution in [0.15, 0.2) is 29.6 Å². The van der Waals surface area contributed by atoms with Crippen LogP contribution >= 0.6 is 22.9 Å². The van der Waals surface area contributed by atoms with Gasteiger partial charge >= 0.3 is 0 Å². The maximum absolute atomic E-state index is 5.95. The molecule has 0 aliphatic carbocycles. The van der Waals surface area contributed by atoms with E-state index in [1.165, 1.54) is 0 Å². The number of benzene rings is 1. The van der Waals surface area contributed by atoms with Crippen LogP contribution in [0.4, 0.5) is 0 Å². The molecule has 17 heavy (non-hydrogen) atoms. The van der Waals surface area contributed by atoms with Gasteiger partial charge in [-0.05, 0) is 12.1 Å². The Hall–Kier alpha value is -0.940. The second-order valence-corrected chi connectivity index (χ2v) is 4.69. The van der Waals surface area contributed by atoms with Gasteiger partial charge in [-0.1, -0.05) is 23.7 Å². The molecule has 1 aromatic heterocycles. The van der Waals surface area contributed by atoms with Gasteiger partial charge in [-0.3, -0.25) is 0 Å². The van der Waals surface area contributed by atoms with Crippen LogP contribution in [0.25, 0.3) is 10.6 Å². The third-order valence-corrected chi connectivity index (χ3v) is 3.41. The summed E-state index contributed by atoms with van der Waals surface area (Å²) in [7, 11) is 3.18. The van der Waals surface area contributed by atoms with Crippen LogP contribution in [0.5, 0.6) is 0 Å². The average Bonchev–Trinajstić information content (AvgIpc) is 2.80. The molecule has 0 amide bonds. The fraction of sp³-hybridized carbons (Fsp3) is 0.250. The van der Waals surface area contributed by atoms with Gasteiger partial charge in [0.2, 0.25) is 6.29 Å². The summed E-state index contributed by atoms with van der Waals surface area (Å²) in [5, 5.41) is 3.53. The Balaban J connectivity index is 2.29. The van der Waals surface area contributed by atoms with Crippen LogP contribution in [0.1, 0.15) is 12.0 Å². The second kappa shape index (κ2) is 5.60. The average molecular weight is 270 g/mol. The highest BCUT2D eigenvalue weighted by molar-refractivity contribution is 7.13. The maximum atomic E-state index is 5.95. The Labute approximate surface area is 109 Å². The van der Waals surface area contributed by atoms with E-state index in [0.717, 1.165) is 16.3 Å². The van der Waals surface area contributed by atoms with Gasteiger partial charge in [0.05, 0.1) is 0 Å². The smallest absolute Gasteiger partial charge is 0.201 e. The van der Waals surface area contributed by atoms with Gasteiger partial charge < -0.3 is 9.47 Å². The molecule has 1 aromatic carbocycles. The SMILES string of the molecule is COC(OC)c1csc(-c2cccc(Cl)c2)n1. The lowest BCUT2D eigenvalue weighted by atomic mass is 10.2. The van der Waals surface area contributed by atoms with Crippen LogP contribution in [0, 0.1) is 0 Å². The molecule has 0 saturated carbocycles. The Bertz CT molecular complexity index is 497. The Morgan fingerprint density at radius 3 is 2.71 bits per heavy atom. The van der Waals surface area contributed by atoms with Gasteiger partial charge in [0.1, 0.15) is 10.7 Å². The highest BCUT2D eigenvalue weighted by Gasteiger charge is 2.14. The van der Waals surface area contributed by atoms with Crippen molar-refractivity contribution in [2.75, 3.05) is 14.2 Å². The van der Waals surface area contributed by atoms with Crippen molar-refractivity contribution >= 4 is 22.9 Å². The zero-order valence-electron chi connectivity index (χ0n) is 9.51. The van der Waals surface area contributed by atoms with E-state index in [1.807, 2.05) is 29.6 Å². The van der Waals surface area contributed by atoms with Gasteiger partial charge in [0, 0.05) is 30.2 Å². The molecule has 0 fully saturated rings. The van der Waals surface area contributed by atoms with E-state index >= 15 is 0 Å². The van der Waals surface area contributed by atoms with Crippen molar-refractivity contribution in [1.82, 2.24) is 4.98 Å². The zero-order valence-corrected chi connectivity index (χ0v) is 11.1. The monoisotopic (exact) mass is 269 g/mol. The van der Waals surface area contributed by atoms with E-state index in [0.29, 0.717) is 5.02 Å². The molecule has 0 aliphatic rings. The van der Waals surface area contributed by atoms with E-state index in [-0.39, 0.29) is 0 Å². The van der Waals surface area contributed by atoms with Gasteiger partial charge in [0.15, 0.2) is 0 Å². The van der Waals surface area contributed by atoms with Crippen molar-refractivity contribution in [2.45, 2.75) is 6.29 Å². The van der Waals surface area contributed by atoms with E-state index in [1.54, 1.807) is 25.6 Å². The van der Waals surface area contributed by atoms with Gasteiger partial charge in [-0.15, -0.1) is 11.3 Å². The number of methoxy groups -OCH3 is 2. The molecule has 0 radical (unpaired) electrons. The third kappa shape index (κ3) is 2.84. The molecular formula is C12H12ClNO2S. The molecule has 1 heterocycles. The molecule has 90 valence electrons. The van der Waals surface area contributed by atoms with E-state index < -0.39 is 6.29 Å². The second-order valence-electron chi connectivity index (χ2n) is 3.39. The van der Waals surface area contributed by atoms with Crippen molar-refractivity contribution < 1.29 is 9.47 Å². The number of hydrogen-bond donors (Lipinski definition) is 0. The molecule has 2 aromatic rings. The third-order valence-electron chi connectivity index (χ3n) is 2.26. The lowest BCUT2D eigenvalue weighted by Crippen LogP contribution is -2.03. The summed E-state index contributed by atoms with van der Waals surface area (Å²) in [4.78, 5) is 4.47. The first-order valence-corrected chi connectivity index (χ1v) is 6.27. The van der Waals surface area contributed by atoms with Crippen LogP contribution in [-0.2, 0) is 9.47 Å². The molecule has 3 nitrogen and oxygen atoms in total. The molecule has 0 unspecified atom stereocenters. The van der Waals surface area contributed by atoms with Crippen LogP contribution < -0.4 is 0 Å². The van der Waals surface area contributed by atoms with Gasteiger partial charge in [-0.2, -0.15) is 0 Å². The van der Waals surface area contributed by atoms with Gasteiger partial charge in [-0.25, -0.2) is 4.98 Å². The van der Waals surface area contributed by atoms with E-state index in [2.05, 4.69) is 4.98 Å². The van der Waals surface area contributed by atoms with Crippen molar-refractivity contribution in [3.8, 4) is 10.6 Å². The Morgan fingerprint density at radius 1 is 1.29 bits per heavy atom. The summed E-state index contributed by atoms with van der Waals surface area (Å²) >= 11 is 7.49. The highest BCUT2D eigenvalue weighted by Crippen LogP contribution is 2.28. The largest absolute Gasteiger partial charge is 0.350 e. The molecule has 0 spiro atoms. The van der Waals surface area contributed by atoms with Crippen molar-refractivity contribution in [3.63, 3.8) is 0 Å². The van der Waals surface area contributed by atoms with Gasteiger partial charge in [0.25, 0.3) is 0 Å². The minimum absolute atomic E-state index is 0.417. The molecule has 0 bridgehead atoms. The molecule has 0 atom stereocenters. The first-order chi connectivity index (χ1) is 8.24. The lowest BCUT2D eigenvalue weighted by Gasteiger charge is -2.09. The van der Waals surface area contributed by atoms with Crippen molar-refractivity contribution in [3.05, 3.63) is 40.4 Å². The van der Waals surface area contributed by atoms with E-state index in [4.69, 9.17) is 21.1 Å². The van der Waals surface area contributed by atoms with Crippen LogP contribution in [0.3, 0.4) is 0 Å². The topological polar surface area (TPSA) is 31.4 Å². The van der Waals surface area contributed by atoms with Crippen LogP contribution in [0.2, 0.25) is 5.02 Å². The fourth-order valence-corrected chi connectivity index (χ4v) is 2.49. The predicted molar refractivity (Wildman–Crippen MR) is 69.3 cm³/mol. The fourth-order valence-electron chi connectivity index (χ4n) is 1.49. The van der Waals surface area contributed by atoms with E-state index in [9.17, 15) is 0 Å². The molecule has 0 N–H and O–H groups in total. The number of rotatable bonds is 4. The Kier molecular flexibility index (Phi) is 4.12. The number of aromatic nitrogens is 1. The number of thiazole rings is 1. The number of hydrogen-bond acceptors (Lipinski definition) is 4. The zero-order chi connectivity index (χ0) is 12.3. The predicted octanol–water partition coefficient (Wildman–Crippen LogP) is 3.75. The normalized spacial score (nSPS) is 11.1. The summed E-state index contributed by atoms with van der Waals surface area (Å²) < 4.78 is 10.3. The molecule has 5 heteroatoms. The molecule has 2 rings (SSSR count). The minimum atomic E-state index is -0.417. The number of halogens is 1. The standard InChI is InChI=1S/C12H12ClNO2S/c1-15-12(16-2)10-7-17-11(14-10)8-4-3-5-9(13)6-8/h3-7,12H,1-2H3. The first-order valence-electron chi connectivity index (χ1n) is 5.01. The Morgan fingerprint density at radius 2 is 2.06 bits per heavy atom. The summed E-state index contributed by atoms with van der Waals surface area (Å²) in [6, 6.07) is 7.61. The minimum Gasteiger partial charge on any atom is -0.350 e. The van der Waals surface area contributed by atoms with Crippen molar-refractivity contribution in [1.29, 1.82) is 0 Å². The molecular weight excluding hydrogens is 258 g/mol. The maximum Gasteiger partial charge on any atom is 0.201 e. The molecule has 0 aliphatic heterocycles. The lowest BCUT2D eigenvalue weighted by molar-refractivity contribution is -0.108. The summed E-state index contributed by atoms with van der Waals surface area (Å²) in [5.74, 6) is 0. The first kappa shape index (κ1) is 12.5. The summed E-state index contributed by atoms with van der Waals surface area (Å²) in [6.45, 7) is 0. The quantitative estimate of drug-likeness (QED) is 0.792. The number of ether oxygens (including phenoxy) is 2. The summed E-state index contributed by atoms with van der Waals surface area (Å²) in [5.41, 5.74) is 1.77. The molecule has 0 saturated heterocycles. The summed E-state index contributed by atoms with van der Waals surface area (Å²) in [6.07, 6.45) is -0.417.